The number of carbonyl (C=O) groups is 2. The SMILES string of the molecule is CC(=O)N1CCCC1C(=O)Nc1ccccc1Oc1cccnc1. The van der Waals surface area contributed by atoms with E-state index in [4.69, 9.17) is 4.74 Å². The van der Waals surface area contributed by atoms with Crippen LogP contribution in [0.2, 0.25) is 0 Å². The van der Waals surface area contributed by atoms with Crippen LogP contribution in [-0.4, -0.2) is 34.3 Å². The van der Waals surface area contributed by atoms with Gasteiger partial charge in [-0.25, -0.2) is 0 Å². The van der Waals surface area contributed by atoms with Crippen molar-refractivity contribution in [3.8, 4) is 11.5 Å². The molecule has 6 nitrogen and oxygen atoms in total. The molecule has 1 saturated heterocycles. The zero-order valence-corrected chi connectivity index (χ0v) is 13.4. The molecule has 0 aliphatic carbocycles. The molecule has 0 spiro atoms. The number of ether oxygens (including phenoxy) is 1. The zero-order chi connectivity index (χ0) is 16.9. The predicted molar refractivity (Wildman–Crippen MR) is 89.8 cm³/mol. The molecule has 24 heavy (non-hydrogen) atoms. The summed E-state index contributed by atoms with van der Waals surface area (Å²) in [5.74, 6) is 0.856. The number of anilines is 1. The molecule has 1 fully saturated rings. The quantitative estimate of drug-likeness (QED) is 0.938. The minimum Gasteiger partial charge on any atom is -0.454 e. The molecule has 0 bridgehead atoms. The standard InChI is InChI=1S/C18H19N3O3/c1-13(22)21-11-5-8-16(21)18(23)20-15-7-2-3-9-17(15)24-14-6-4-10-19-12-14/h2-4,6-7,9-10,12,16H,5,8,11H2,1H3,(H,20,23). The van der Waals surface area contributed by atoms with Crippen LogP contribution in [0.5, 0.6) is 11.5 Å². The molecule has 1 N–H and O–H groups in total. The molecular formula is C18H19N3O3. The number of benzene rings is 1. The average molecular weight is 325 g/mol. The molecule has 0 saturated carbocycles. The molecule has 2 aromatic rings. The highest BCUT2D eigenvalue weighted by Crippen LogP contribution is 2.29. The Kier molecular flexibility index (Phi) is 4.74. The summed E-state index contributed by atoms with van der Waals surface area (Å²) in [7, 11) is 0. The van der Waals surface area contributed by atoms with Crippen molar-refractivity contribution in [2.24, 2.45) is 0 Å². The first-order chi connectivity index (χ1) is 11.6. The van der Waals surface area contributed by atoms with Gasteiger partial charge in [0.15, 0.2) is 5.75 Å². The monoisotopic (exact) mass is 325 g/mol. The summed E-state index contributed by atoms with van der Waals surface area (Å²) in [6.45, 7) is 2.12. The van der Waals surface area contributed by atoms with Crippen LogP contribution in [0.1, 0.15) is 19.8 Å². The largest absolute Gasteiger partial charge is 0.454 e. The van der Waals surface area contributed by atoms with Gasteiger partial charge in [0, 0.05) is 19.7 Å². The zero-order valence-electron chi connectivity index (χ0n) is 13.4. The summed E-state index contributed by atoms with van der Waals surface area (Å²) in [5, 5.41) is 2.88. The maximum absolute atomic E-state index is 12.6. The fourth-order valence-corrected chi connectivity index (χ4v) is 2.83. The number of nitrogens with one attached hydrogen (secondary N) is 1. The van der Waals surface area contributed by atoms with Crippen molar-refractivity contribution in [2.75, 3.05) is 11.9 Å². The first-order valence-electron chi connectivity index (χ1n) is 7.90. The lowest BCUT2D eigenvalue weighted by Gasteiger charge is -2.23. The highest BCUT2D eigenvalue weighted by molar-refractivity contribution is 5.98. The van der Waals surface area contributed by atoms with Gasteiger partial charge in [0.05, 0.1) is 11.9 Å². The molecule has 1 aliphatic rings. The molecule has 6 heteroatoms. The Balaban J connectivity index is 1.75. The van der Waals surface area contributed by atoms with E-state index in [-0.39, 0.29) is 11.8 Å². The van der Waals surface area contributed by atoms with Crippen LogP contribution in [0, 0.1) is 0 Å². The molecule has 1 aromatic heterocycles. The summed E-state index contributed by atoms with van der Waals surface area (Å²) in [6.07, 6.45) is 4.78. The second-order valence-electron chi connectivity index (χ2n) is 5.65. The predicted octanol–water partition coefficient (Wildman–Crippen LogP) is 2.82. The lowest BCUT2D eigenvalue weighted by atomic mass is 10.2. The lowest BCUT2D eigenvalue weighted by molar-refractivity contribution is -0.134. The second-order valence-corrected chi connectivity index (χ2v) is 5.65. The van der Waals surface area contributed by atoms with Crippen molar-refractivity contribution < 1.29 is 14.3 Å². The van der Waals surface area contributed by atoms with E-state index in [1.165, 1.54) is 6.92 Å². The Labute approximate surface area is 140 Å². The number of aromatic nitrogens is 1. The molecule has 0 radical (unpaired) electrons. The van der Waals surface area contributed by atoms with Crippen LogP contribution in [0.3, 0.4) is 0 Å². The van der Waals surface area contributed by atoms with Gasteiger partial charge in [-0.05, 0) is 37.1 Å². The van der Waals surface area contributed by atoms with Crippen molar-refractivity contribution in [2.45, 2.75) is 25.8 Å². The van der Waals surface area contributed by atoms with E-state index in [0.717, 1.165) is 6.42 Å². The van der Waals surface area contributed by atoms with E-state index in [2.05, 4.69) is 10.3 Å². The number of hydrogen-bond acceptors (Lipinski definition) is 4. The second kappa shape index (κ2) is 7.12. The Hall–Kier alpha value is -2.89. The Morgan fingerprint density at radius 2 is 2.08 bits per heavy atom. The maximum atomic E-state index is 12.6. The fraction of sp³-hybridized carbons (Fsp3) is 0.278. The van der Waals surface area contributed by atoms with Crippen molar-refractivity contribution in [1.82, 2.24) is 9.88 Å². The molecular weight excluding hydrogens is 306 g/mol. The van der Waals surface area contributed by atoms with Crippen LogP contribution < -0.4 is 10.1 Å². The van der Waals surface area contributed by atoms with E-state index in [1.54, 1.807) is 41.6 Å². The number of para-hydroxylation sites is 2. The normalized spacial score (nSPS) is 16.7. The molecule has 124 valence electrons. The van der Waals surface area contributed by atoms with Gasteiger partial charge in [0.2, 0.25) is 11.8 Å². The summed E-state index contributed by atoms with van der Waals surface area (Å²) in [4.78, 5) is 29.8. The smallest absolute Gasteiger partial charge is 0.247 e. The van der Waals surface area contributed by atoms with Gasteiger partial charge >= 0.3 is 0 Å². The number of pyridine rings is 1. The van der Waals surface area contributed by atoms with E-state index < -0.39 is 6.04 Å². The third-order valence-electron chi connectivity index (χ3n) is 3.97. The first-order valence-corrected chi connectivity index (χ1v) is 7.90. The molecule has 1 aromatic carbocycles. The van der Waals surface area contributed by atoms with Crippen molar-refractivity contribution in [3.63, 3.8) is 0 Å². The number of likely N-dealkylation sites (tertiary alicyclic amines) is 1. The van der Waals surface area contributed by atoms with E-state index in [0.29, 0.717) is 30.2 Å². The van der Waals surface area contributed by atoms with Gasteiger partial charge < -0.3 is 15.0 Å². The maximum Gasteiger partial charge on any atom is 0.247 e. The van der Waals surface area contributed by atoms with Gasteiger partial charge in [0.25, 0.3) is 0 Å². The van der Waals surface area contributed by atoms with Crippen LogP contribution in [0.25, 0.3) is 0 Å². The van der Waals surface area contributed by atoms with E-state index >= 15 is 0 Å². The van der Waals surface area contributed by atoms with E-state index in [1.807, 2.05) is 12.1 Å². The number of hydrogen-bond donors (Lipinski definition) is 1. The number of amides is 2. The number of nitrogens with zero attached hydrogens (tertiary/aromatic N) is 2. The Morgan fingerprint density at radius 3 is 2.83 bits per heavy atom. The van der Waals surface area contributed by atoms with Crippen molar-refractivity contribution >= 4 is 17.5 Å². The van der Waals surface area contributed by atoms with Crippen LogP contribution in [-0.2, 0) is 9.59 Å². The summed E-state index contributed by atoms with van der Waals surface area (Å²) >= 11 is 0. The van der Waals surface area contributed by atoms with Gasteiger partial charge in [0.1, 0.15) is 11.8 Å². The summed E-state index contributed by atoms with van der Waals surface area (Å²) in [5.41, 5.74) is 0.571. The molecule has 1 aliphatic heterocycles. The Bertz CT molecular complexity index is 733. The average Bonchev–Trinajstić information content (AvgIpc) is 3.08. The van der Waals surface area contributed by atoms with Gasteiger partial charge in [-0.15, -0.1) is 0 Å². The van der Waals surface area contributed by atoms with Crippen molar-refractivity contribution in [3.05, 3.63) is 48.8 Å². The minimum atomic E-state index is -0.422. The molecule has 3 rings (SSSR count). The van der Waals surface area contributed by atoms with Crippen molar-refractivity contribution in [1.29, 1.82) is 0 Å². The summed E-state index contributed by atoms with van der Waals surface area (Å²) < 4.78 is 5.79. The highest BCUT2D eigenvalue weighted by atomic mass is 16.5. The minimum absolute atomic E-state index is 0.0763. The summed E-state index contributed by atoms with van der Waals surface area (Å²) in [6, 6.07) is 10.4. The van der Waals surface area contributed by atoms with Crippen LogP contribution in [0.4, 0.5) is 5.69 Å². The van der Waals surface area contributed by atoms with E-state index in [9.17, 15) is 9.59 Å². The number of carbonyl (C=O) groups excluding carboxylic acids is 2. The molecule has 2 amide bonds. The van der Waals surface area contributed by atoms with Crippen LogP contribution in [0.15, 0.2) is 48.8 Å². The molecule has 1 unspecified atom stereocenters. The Morgan fingerprint density at radius 1 is 1.25 bits per heavy atom. The fourth-order valence-electron chi connectivity index (χ4n) is 2.83. The molecule has 1 atom stereocenters. The van der Waals surface area contributed by atoms with Gasteiger partial charge in [-0.1, -0.05) is 12.1 Å². The van der Waals surface area contributed by atoms with Gasteiger partial charge in [-0.3, -0.25) is 14.6 Å². The third kappa shape index (κ3) is 3.53. The highest BCUT2D eigenvalue weighted by Gasteiger charge is 2.32. The topological polar surface area (TPSA) is 71.5 Å². The molecule has 2 heterocycles. The first kappa shape index (κ1) is 16.0. The number of rotatable bonds is 4. The lowest BCUT2D eigenvalue weighted by Crippen LogP contribution is -2.42. The van der Waals surface area contributed by atoms with Crippen LogP contribution >= 0.6 is 0 Å². The van der Waals surface area contributed by atoms with Gasteiger partial charge in [-0.2, -0.15) is 0 Å². The third-order valence-corrected chi connectivity index (χ3v) is 3.97.